The normalized spacial score (nSPS) is 10.6. The Labute approximate surface area is 132 Å². The van der Waals surface area contributed by atoms with Crippen molar-refractivity contribution >= 4 is 27.3 Å². The summed E-state index contributed by atoms with van der Waals surface area (Å²) >= 11 is 5.39. The average molecular weight is 356 g/mol. The van der Waals surface area contributed by atoms with Crippen LogP contribution in [0.5, 0.6) is 11.5 Å². The molecule has 0 unspecified atom stereocenters. The Morgan fingerprint density at radius 2 is 1.80 bits per heavy atom. The van der Waals surface area contributed by atoms with Crippen LogP contribution in [0.4, 0.5) is 0 Å². The van der Waals surface area contributed by atoms with E-state index in [4.69, 9.17) is 9.47 Å². The molecule has 0 atom stereocenters. The van der Waals surface area contributed by atoms with Crippen LogP contribution in [0.1, 0.15) is 15.3 Å². The van der Waals surface area contributed by atoms with E-state index in [1.165, 1.54) is 9.75 Å². The molecule has 108 valence electrons. The van der Waals surface area contributed by atoms with Crippen molar-refractivity contribution < 1.29 is 9.47 Å². The van der Waals surface area contributed by atoms with E-state index in [1.807, 2.05) is 23.5 Å². The van der Waals surface area contributed by atoms with E-state index in [2.05, 4.69) is 40.3 Å². The lowest BCUT2D eigenvalue weighted by molar-refractivity contribution is 0.354. The zero-order valence-electron chi connectivity index (χ0n) is 11.8. The number of ether oxygens (including phenoxy) is 2. The lowest BCUT2D eigenvalue weighted by atomic mass is 10.2. The number of nitrogens with one attached hydrogen (secondary N) is 1. The Hall–Kier alpha value is -1.04. The number of aryl methyl sites for hydroxylation is 1. The van der Waals surface area contributed by atoms with E-state index in [0.717, 1.165) is 34.6 Å². The van der Waals surface area contributed by atoms with Crippen LogP contribution in [0.2, 0.25) is 0 Å². The minimum absolute atomic E-state index is 0.733. The molecule has 1 heterocycles. The van der Waals surface area contributed by atoms with Crippen molar-refractivity contribution in [3.63, 3.8) is 0 Å². The molecule has 0 aliphatic heterocycles. The molecule has 0 aliphatic carbocycles. The summed E-state index contributed by atoms with van der Waals surface area (Å²) in [7, 11) is 3.29. The summed E-state index contributed by atoms with van der Waals surface area (Å²) < 4.78 is 11.6. The second kappa shape index (κ2) is 7.11. The van der Waals surface area contributed by atoms with Gasteiger partial charge in [-0.2, -0.15) is 0 Å². The van der Waals surface area contributed by atoms with Crippen LogP contribution in [-0.4, -0.2) is 14.2 Å². The molecule has 1 N–H and O–H groups in total. The third-order valence-electron chi connectivity index (χ3n) is 2.96. The maximum Gasteiger partial charge on any atom is 0.161 e. The second-order valence-electron chi connectivity index (χ2n) is 4.41. The van der Waals surface area contributed by atoms with Crippen LogP contribution in [0.15, 0.2) is 28.7 Å². The molecule has 0 fully saturated rings. The van der Waals surface area contributed by atoms with Gasteiger partial charge in [0.05, 0.1) is 14.2 Å². The Morgan fingerprint density at radius 3 is 2.40 bits per heavy atom. The average Bonchev–Trinajstić information content (AvgIpc) is 2.85. The van der Waals surface area contributed by atoms with E-state index in [9.17, 15) is 0 Å². The first-order valence-electron chi connectivity index (χ1n) is 6.30. The first-order chi connectivity index (χ1) is 9.63. The highest BCUT2D eigenvalue weighted by Gasteiger charge is 2.09. The van der Waals surface area contributed by atoms with Gasteiger partial charge in [-0.05, 0) is 36.8 Å². The number of halogens is 1. The quantitative estimate of drug-likeness (QED) is 0.844. The second-order valence-corrected chi connectivity index (χ2v) is 6.64. The van der Waals surface area contributed by atoms with Crippen LogP contribution in [0.25, 0.3) is 0 Å². The minimum Gasteiger partial charge on any atom is -0.493 e. The van der Waals surface area contributed by atoms with Crippen LogP contribution in [-0.2, 0) is 13.1 Å². The number of benzene rings is 1. The molecular formula is C15H18BrNO2S. The van der Waals surface area contributed by atoms with Gasteiger partial charge in [-0.25, -0.2) is 0 Å². The fraction of sp³-hybridized carbons (Fsp3) is 0.333. The Bertz CT molecular complexity index is 583. The molecule has 3 nitrogen and oxygen atoms in total. The minimum atomic E-state index is 0.733. The number of hydrogen-bond donors (Lipinski definition) is 1. The van der Waals surface area contributed by atoms with Gasteiger partial charge in [0, 0.05) is 27.3 Å². The van der Waals surface area contributed by atoms with Crippen molar-refractivity contribution in [3.05, 3.63) is 44.1 Å². The SMILES string of the molecule is COc1cc(Br)c(CNCc2ccc(C)s2)cc1OC. The summed E-state index contributed by atoms with van der Waals surface area (Å²) in [5.74, 6) is 1.48. The molecule has 0 bridgehead atoms. The van der Waals surface area contributed by atoms with Crippen molar-refractivity contribution in [2.24, 2.45) is 0 Å². The van der Waals surface area contributed by atoms with E-state index >= 15 is 0 Å². The zero-order valence-corrected chi connectivity index (χ0v) is 14.2. The molecule has 0 radical (unpaired) electrons. The Kier molecular flexibility index (Phi) is 5.46. The number of rotatable bonds is 6. The molecule has 1 aromatic heterocycles. The highest BCUT2D eigenvalue weighted by molar-refractivity contribution is 9.10. The van der Waals surface area contributed by atoms with Crippen molar-refractivity contribution in [2.45, 2.75) is 20.0 Å². The molecule has 20 heavy (non-hydrogen) atoms. The van der Waals surface area contributed by atoms with Crippen LogP contribution < -0.4 is 14.8 Å². The van der Waals surface area contributed by atoms with Gasteiger partial charge in [0.25, 0.3) is 0 Å². The van der Waals surface area contributed by atoms with Gasteiger partial charge in [-0.15, -0.1) is 11.3 Å². The van der Waals surface area contributed by atoms with Crippen molar-refractivity contribution in [1.82, 2.24) is 5.32 Å². The number of thiophene rings is 1. The molecule has 0 saturated carbocycles. The Morgan fingerprint density at radius 1 is 1.10 bits per heavy atom. The van der Waals surface area contributed by atoms with Crippen LogP contribution in [0, 0.1) is 6.92 Å². The highest BCUT2D eigenvalue weighted by atomic mass is 79.9. The molecule has 0 saturated heterocycles. The van der Waals surface area contributed by atoms with Crippen LogP contribution >= 0.6 is 27.3 Å². The summed E-state index contributed by atoms with van der Waals surface area (Å²) in [6, 6.07) is 8.24. The molecule has 1 aromatic carbocycles. The molecule has 2 aromatic rings. The van der Waals surface area contributed by atoms with Gasteiger partial charge >= 0.3 is 0 Å². The molecule has 2 rings (SSSR count). The molecular weight excluding hydrogens is 338 g/mol. The fourth-order valence-corrected chi connectivity index (χ4v) is 3.25. The lowest BCUT2D eigenvalue weighted by Crippen LogP contribution is -2.12. The van der Waals surface area contributed by atoms with E-state index in [0.29, 0.717) is 0 Å². The fourth-order valence-electron chi connectivity index (χ4n) is 1.93. The largest absolute Gasteiger partial charge is 0.493 e. The summed E-state index contributed by atoms with van der Waals surface area (Å²) in [6.07, 6.45) is 0. The predicted octanol–water partition coefficient (Wildman–Crippen LogP) is 4.13. The van der Waals surface area contributed by atoms with Gasteiger partial charge in [0.2, 0.25) is 0 Å². The first kappa shape index (κ1) is 15.4. The summed E-state index contributed by atoms with van der Waals surface area (Å²) in [4.78, 5) is 2.69. The van der Waals surface area contributed by atoms with Gasteiger partial charge < -0.3 is 14.8 Å². The maximum absolute atomic E-state index is 5.33. The smallest absolute Gasteiger partial charge is 0.161 e. The zero-order chi connectivity index (χ0) is 14.5. The van der Waals surface area contributed by atoms with E-state index in [1.54, 1.807) is 14.2 Å². The number of hydrogen-bond acceptors (Lipinski definition) is 4. The topological polar surface area (TPSA) is 30.5 Å². The lowest BCUT2D eigenvalue weighted by Gasteiger charge is -2.12. The monoisotopic (exact) mass is 355 g/mol. The predicted molar refractivity (Wildman–Crippen MR) is 86.8 cm³/mol. The van der Waals surface area contributed by atoms with Crippen LogP contribution in [0.3, 0.4) is 0 Å². The molecule has 0 spiro atoms. The van der Waals surface area contributed by atoms with E-state index in [-0.39, 0.29) is 0 Å². The maximum atomic E-state index is 5.33. The Balaban J connectivity index is 2.02. The summed E-state index contributed by atoms with van der Waals surface area (Å²) in [5, 5.41) is 3.44. The first-order valence-corrected chi connectivity index (χ1v) is 7.91. The summed E-state index contributed by atoms with van der Waals surface area (Å²) in [5.41, 5.74) is 1.15. The van der Waals surface area contributed by atoms with Gasteiger partial charge in [-0.3, -0.25) is 0 Å². The third kappa shape index (κ3) is 3.75. The highest BCUT2D eigenvalue weighted by Crippen LogP contribution is 2.33. The van der Waals surface area contributed by atoms with Gasteiger partial charge in [-0.1, -0.05) is 15.9 Å². The molecule has 0 amide bonds. The summed E-state index contributed by atoms with van der Waals surface area (Å²) in [6.45, 7) is 3.77. The van der Waals surface area contributed by atoms with E-state index < -0.39 is 0 Å². The van der Waals surface area contributed by atoms with Gasteiger partial charge in [0.1, 0.15) is 0 Å². The molecule has 5 heteroatoms. The molecule has 0 aliphatic rings. The number of methoxy groups -OCH3 is 2. The van der Waals surface area contributed by atoms with Gasteiger partial charge in [0.15, 0.2) is 11.5 Å². The third-order valence-corrected chi connectivity index (χ3v) is 4.70. The van der Waals surface area contributed by atoms with Crippen molar-refractivity contribution in [3.8, 4) is 11.5 Å². The standard InChI is InChI=1S/C15H18BrNO2S/c1-10-4-5-12(20-10)9-17-8-11-6-14(18-2)15(19-3)7-13(11)16/h4-7,17H,8-9H2,1-3H3. The van der Waals surface area contributed by atoms with Crippen molar-refractivity contribution in [1.29, 1.82) is 0 Å². The van der Waals surface area contributed by atoms with Crippen molar-refractivity contribution in [2.75, 3.05) is 14.2 Å².